The largest absolute Gasteiger partial charge is 0.381 e. The van der Waals surface area contributed by atoms with Crippen molar-refractivity contribution in [1.29, 1.82) is 0 Å². The standard InChI is InChI=1S/C13H27N3O2/c1-15-5-6-18-13(9-15)10-16-4-3-12(17-2)7-11(16)8-14/h11-13H,3-10,14H2,1-2H3. The van der Waals surface area contributed by atoms with Gasteiger partial charge in [-0.25, -0.2) is 0 Å². The van der Waals surface area contributed by atoms with Crippen LogP contribution in [0.1, 0.15) is 12.8 Å². The molecular weight excluding hydrogens is 230 g/mol. The number of hydrogen-bond acceptors (Lipinski definition) is 5. The van der Waals surface area contributed by atoms with Gasteiger partial charge in [-0.1, -0.05) is 0 Å². The van der Waals surface area contributed by atoms with Crippen molar-refractivity contribution >= 4 is 0 Å². The monoisotopic (exact) mass is 257 g/mol. The van der Waals surface area contributed by atoms with Gasteiger partial charge in [0.25, 0.3) is 0 Å². The molecule has 2 heterocycles. The first-order valence-electron chi connectivity index (χ1n) is 7.00. The van der Waals surface area contributed by atoms with Crippen LogP contribution in [0.4, 0.5) is 0 Å². The van der Waals surface area contributed by atoms with E-state index >= 15 is 0 Å². The Kier molecular flexibility index (Phi) is 5.38. The Morgan fingerprint density at radius 1 is 1.39 bits per heavy atom. The molecule has 0 aromatic carbocycles. The molecule has 0 saturated carbocycles. The molecule has 0 radical (unpaired) electrons. The van der Waals surface area contributed by atoms with Crippen LogP contribution in [0.5, 0.6) is 0 Å². The van der Waals surface area contributed by atoms with Crippen molar-refractivity contribution in [1.82, 2.24) is 9.80 Å². The molecular formula is C13H27N3O2. The van der Waals surface area contributed by atoms with Crippen LogP contribution in [0.2, 0.25) is 0 Å². The predicted molar refractivity (Wildman–Crippen MR) is 71.7 cm³/mol. The molecule has 0 aromatic rings. The molecule has 5 nitrogen and oxygen atoms in total. The third-order valence-electron chi connectivity index (χ3n) is 4.18. The predicted octanol–water partition coefficient (Wildman–Crippen LogP) is -0.245. The number of ether oxygens (including phenoxy) is 2. The minimum absolute atomic E-state index is 0.330. The van der Waals surface area contributed by atoms with Gasteiger partial charge in [0.15, 0.2) is 0 Å². The first-order chi connectivity index (χ1) is 8.72. The Balaban J connectivity index is 1.84. The number of morpholine rings is 1. The molecule has 0 spiro atoms. The number of nitrogens with two attached hydrogens (primary N) is 1. The zero-order chi connectivity index (χ0) is 13.0. The van der Waals surface area contributed by atoms with Gasteiger partial charge < -0.3 is 20.1 Å². The highest BCUT2D eigenvalue weighted by Gasteiger charge is 2.30. The number of piperidine rings is 1. The van der Waals surface area contributed by atoms with Gasteiger partial charge in [0.05, 0.1) is 18.8 Å². The van der Waals surface area contributed by atoms with Crippen LogP contribution >= 0.6 is 0 Å². The summed E-state index contributed by atoms with van der Waals surface area (Å²) in [6, 6.07) is 0.444. The number of methoxy groups -OCH3 is 1. The summed E-state index contributed by atoms with van der Waals surface area (Å²) in [6.45, 7) is 5.71. The summed E-state index contributed by atoms with van der Waals surface area (Å²) < 4.78 is 11.3. The molecule has 0 aliphatic carbocycles. The van der Waals surface area contributed by atoms with Crippen LogP contribution in [0.25, 0.3) is 0 Å². The van der Waals surface area contributed by atoms with E-state index in [9.17, 15) is 0 Å². The van der Waals surface area contributed by atoms with Gasteiger partial charge in [0.2, 0.25) is 0 Å². The number of nitrogens with zero attached hydrogens (tertiary/aromatic N) is 2. The lowest BCUT2D eigenvalue weighted by atomic mass is 9.98. The molecule has 2 aliphatic heterocycles. The Hall–Kier alpha value is -0.200. The van der Waals surface area contributed by atoms with E-state index in [1.165, 1.54) is 0 Å². The van der Waals surface area contributed by atoms with Crippen LogP contribution in [0.3, 0.4) is 0 Å². The van der Waals surface area contributed by atoms with Crippen LogP contribution in [0, 0.1) is 0 Å². The second-order valence-corrected chi connectivity index (χ2v) is 5.52. The highest BCUT2D eigenvalue weighted by atomic mass is 16.5. The van der Waals surface area contributed by atoms with Crippen LogP contribution in [-0.2, 0) is 9.47 Å². The summed E-state index contributed by atoms with van der Waals surface area (Å²) in [5, 5.41) is 0. The molecule has 2 aliphatic rings. The third-order valence-corrected chi connectivity index (χ3v) is 4.18. The zero-order valence-corrected chi connectivity index (χ0v) is 11.7. The van der Waals surface area contributed by atoms with Crippen molar-refractivity contribution in [2.24, 2.45) is 5.73 Å². The van der Waals surface area contributed by atoms with Crippen molar-refractivity contribution in [3.63, 3.8) is 0 Å². The van der Waals surface area contributed by atoms with Gasteiger partial charge in [-0.2, -0.15) is 0 Å². The molecule has 18 heavy (non-hydrogen) atoms. The minimum atomic E-state index is 0.330. The number of likely N-dealkylation sites (tertiary alicyclic amines) is 1. The van der Waals surface area contributed by atoms with Crippen molar-refractivity contribution in [3.05, 3.63) is 0 Å². The summed E-state index contributed by atoms with van der Waals surface area (Å²) >= 11 is 0. The van der Waals surface area contributed by atoms with E-state index in [4.69, 9.17) is 15.2 Å². The fourth-order valence-corrected chi connectivity index (χ4v) is 3.00. The molecule has 2 saturated heterocycles. The molecule has 3 unspecified atom stereocenters. The van der Waals surface area contributed by atoms with Crippen LogP contribution < -0.4 is 5.73 Å². The zero-order valence-electron chi connectivity index (χ0n) is 11.7. The Bertz CT molecular complexity index is 252. The Morgan fingerprint density at radius 3 is 2.89 bits per heavy atom. The van der Waals surface area contributed by atoms with Gasteiger partial charge in [-0.05, 0) is 19.9 Å². The van der Waals surface area contributed by atoms with Gasteiger partial charge in [0, 0.05) is 45.9 Å². The maximum Gasteiger partial charge on any atom is 0.0829 e. The fraction of sp³-hybridized carbons (Fsp3) is 1.00. The second-order valence-electron chi connectivity index (χ2n) is 5.52. The molecule has 3 atom stereocenters. The van der Waals surface area contributed by atoms with Gasteiger partial charge in [0.1, 0.15) is 0 Å². The number of hydrogen-bond donors (Lipinski definition) is 1. The first-order valence-corrected chi connectivity index (χ1v) is 7.00. The average Bonchev–Trinajstić information content (AvgIpc) is 2.39. The molecule has 0 aromatic heterocycles. The fourth-order valence-electron chi connectivity index (χ4n) is 3.00. The molecule has 2 rings (SSSR count). The molecule has 5 heteroatoms. The van der Waals surface area contributed by atoms with E-state index < -0.39 is 0 Å². The van der Waals surface area contributed by atoms with Crippen molar-refractivity contribution in [2.75, 3.05) is 53.5 Å². The SMILES string of the molecule is COC1CCN(CC2CN(C)CCO2)C(CN)C1. The van der Waals surface area contributed by atoms with Crippen molar-refractivity contribution in [3.8, 4) is 0 Å². The summed E-state index contributed by atoms with van der Waals surface area (Å²) in [6.07, 6.45) is 2.87. The quantitative estimate of drug-likeness (QED) is 0.753. The molecule has 0 amide bonds. The minimum Gasteiger partial charge on any atom is -0.381 e. The topological polar surface area (TPSA) is 51.0 Å². The first kappa shape index (κ1) is 14.2. The van der Waals surface area contributed by atoms with Crippen molar-refractivity contribution < 1.29 is 9.47 Å². The molecule has 0 bridgehead atoms. The van der Waals surface area contributed by atoms with Gasteiger partial charge in [-0.3, -0.25) is 4.90 Å². The lowest BCUT2D eigenvalue weighted by Crippen LogP contribution is -2.54. The molecule has 106 valence electrons. The van der Waals surface area contributed by atoms with E-state index in [2.05, 4.69) is 16.8 Å². The highest BCUT2D eigenvalue weighted by molar-refractivity contribution is 4.85. The lowest BCUT2D eigenvalue weighted by molar-refractivity contribution is -0.0569. The second kappa shape index (κ2) is 6.82. The van der Waals surface area contributed by atoms with E-state index in [-0.39, 0.29) is 0 Å². The van der Waals surface area contributed by atoms with Gasteiger partial charge >= 0.3 is 0 Å². The van der Waals surface area contributed by atoms with Crippen molar-refractivity contribution in [2.45, 2.75) is 31.1 Å². The van der Waals surface area contributed by atoms with E-state index in [0.29, 0.717) is 24.8 Å². The van der Waals surface area contributed by atoms with Gasteiger partial charge in [-0.15, -0.1) is 0 Å². The van der Waals surface area contributed by atoms with E-state index in [1.807, 2.05) is 0 Å². The maximum atomic E-state index is 5.89. The average molecular weight is 257 g/mol. The number of rotatable bonds is 4. The summed E-state index contributed by atoms with van der Waals surface area (Å²) in [5.74, 6) is 0. The van der Waals surface area contributed by atoms with E-state index in [0.717, 1.165) is 45.6 Å². The molecule has 2 N–H and O–H groups in total. The number of likely N-dealkylation sites (N-methyl/N-ethyl adjacent to an activating group) is 1. The van der Waals surface area contributed by atoms with Crippen LogP contribution in [0.15, 0.2) is 0 Å². The molecule has 2 fully saturated rings. The van der Waals surface area contributed by atoms with E-state index in [1.54, 1.807) is 7.11 Å². The van der Waals surface area contributed by atoms with Crippen LogP contribution in [-0.4, -0.2) is 81.5 Å². The lowest BCUT2D eigenvalue weighted by Gasteiger charge is -2.41. The Labute approximate surface area is 110 Å². The highest BCUT2D eigenvalue weighted by Crippen LogP contribution is 2.20. The third kappa shape index (κ3) is 3.65. The summed E-state index contributed by atoms with van der Waals surface area (Å²) in [5.41, 5.74) is 5.89. The maximum absolute atomic E-state index is 5.89. The summed E-state index contributed by atoms with van der Waals surface area (Å²) in [4.78, 5) is 4.83. The Morgan fingerprint density at radius 2 is 2.22 bits per heavy atom. The summed E-state index contributed by atoms with van der Waals surface area (Å²) in [7, 11) is 3.96. The normalized spacial score (nSPS) is 35.8. The smallest absolute Gasteiger partial charge is 0.0829 e.